The maximum Gasteiger partial charge on any atom is 0.146 e. The van der Waals surface area contributed by atoms with Crippen molar-refractivity contribution in [2.45, 2.75) is 0 Å². The summed E-state index contributed by atoms with van der Waals surface area (Å²) in [6.45, 7) is 0. The van der Waals surface area contributed by atoms with Crippen molar-refractivity contribution in [2.75, 3.05) is 0 Å². The highest BCUT2D eigenvalue weighted by Gasteiger charge is 2.14. The van der Waals surface area contributed by atoms with E-state index in [1.54, 1.807) is 6.20 Å². The van der Waals surface area contributed by atoms with Crippen molar-refractivity contribution >= 4 is 39.8 Å². The van der Waals surface area contributed by atoms with E-state index in [2.05, 4.69) is 21.2 Å². The van der Waals surface area contributed by atoms with Crippen molar-refractivity contribution < 1.29 is 0 Å². The van der Waals surface area contributed by atoms with Gasteiger partial charge in [-0.2, -0.15) is 5.10 Å². The molecule has 1 aromatic carbocycles. The average Bonchev–Trinajstić information content (AvgIpc) is 3.31. The molecular formula is C19H11Cl2N5. The zero-order valence-corrected chi connectivity index (χ0v) is 14.8. The number of hydrogen-bond donors (Lipinski definition) is 1. The third-order valence-electron chi connectivity index (χ3n) is 4.34. The van der Waals surface area contributed by atoms with Crippen molar-refractivity contribution in [1.82, 2.24) is 24.6 Å². The van der Waals surface area contributed by atoms with Gasteiger partial charge in [0.25, 0.3) is 0 Å². The number of imidazole rings is 1. The highest BCUT2D eigenvalue weighted by molar-refractivity contribution is 6.39. The Morgan fingerprint density at radius 2 is 1.85 bits per heavy atom. The summed E-state index contributed by atoms with van der Waals surface area (Å²) in [6, 6.07) is 9.46. The molecule has 0 aliphatic rings. The second kappa shape index (κ2) is 5.83. The van der Waals surface area contributed by atoms with E-state index in [0.717, 1.165) is 38.9 Å². The van der Waals surface area contributed by atoms with Crippen LogP contribution in [0.2, 0.25) is 10.0 Å². The lowest BCUT2D eigenvalue weighted by Gasteiger charge is -2.03. The number of aromatic nitrogens is 5. The third-order valence-corrected chi connectivity index (χ3v) is 4.97. The minimum atomic E-state index is 0.572. The van der Waals surface area contributed by atoms with Crippen LogP contribution in [0.15, 0.2) is 61.3 Å². The van der Waals surface area contributed by atoms with E-state index in [0.29, 0.717) is 10.0 Å². The van der Waals surface area contributed by atoms with Gasteiger partial charge in [-0.3, -0.25) is 10.1 Å². The van der Waals surface area contributed by atoms with E-state index in [-0.39, 0.29) is 0 Å². The maximum absolute atomic E-state index is 6.35. The van der Waals surface area contributed by atoms with E-state index in [9.17, 15) is 0 Å². The summed E-state index contributed by atoms with van der Waals surface area (Å²) < 4.78 is 1.96. The Morgan fingerprint density at radius 1 is 1.00 bits per heavy atom. The minimum absolute atomic E-state index is 0.572. The van der Waals surface area contributed by atoms with Gasteiger partial charge in [-0.25, -0.2) is 4.98 Å². The fourth-order valence-electron chi connectivity index (χ4n) is 3.07. The molecule has 4 heterocycles. The Balaban J connectivity index is 1.78. The number of nitrogens with zero attached hydrogens (tertiary/aromatic N) is 4. The van der Waals surface area contributed by atoms with Crippen molar-refractivity contribution in [2.24, 2.45) is 0 Å². The van der Waals surface area contributed by atoms with Gasteiger partial charge >= 0.3 is 0 Å². The molecule has 0 saturated heterocycles. The first-order chi connectivity index (χ1) is 12.7. The Morgan fingerprint density at radius 3 is 2.62 bits per heavy atom. The number of aromatic amines is 1. The van der Waals surface area contributed by atoms with Crippen LogP contribution in [0.5, 0.6) is 0 Å². The lowest BCUT2D eigenvalue weighted by molar-refractivity contribution is 1.09. The summed E-state index contributed by atoms with van der Waals surface area (Å²) in [5, 5.41) is 8.91. The second-order valence-electron chi connectivity index (χ2n) is 5.91. The molecule has 0 spiro atoms. The number of fused-ring (bicyclic) bond motifs is 3. The summed E-state index contributed by atoms with van der Waals surface area (Å²) in [5.74, 6) is 0. The molecule has 0 unspecified atom stereocenters. The first-order valence-corrected chi connectivity index (χ1v) is 8.67. The van der Waals surface area contributed by atoms with Gasteiger partial charge in [0.05, 0.1) is 27.5 Å². The van der Waals surface area contributed by atoms with Gasteiger partial charge in [-0.05, 0) is 24.3 Å². The van der Waals surface area contributed by atoms with E-state index >= 15 is 0 Å². The monoisotopic (exact) mass is 379 g/mol. The third kappa shape index (κ3) is 2.36. The van der Waals surface area contributed by atoms with Crippen LogP contribution in [0.3, 0.4) is 0 Å². The molecule has 5 rings (SSSR count). The summed E-state index contributed by atoms with van der Waals surface area (Å²) in [6.07, 6.45) is 9.29. The van der Waals surface area contributed by atoms with Gasteiger partial charge < -0.3 is 4.40 Å². The number of H-pyrrole nitrogens is 1. The van der Waals surface area contributed by atoms with Crippen LogP contribution >= 0.6 is 23.2 Å². The van der Waals surface area contributed by atoms with E-state index in [4.69, 9.17) is 28.2 Å². The fourth-order valence-corrected chi connectivity index (χ4v) is 3.67. The molecule has 126 valence electrons. The van der Waals surface area contributed by atoms with E-state index in [1.807, 2.05) is 53.5 Å². The Bertz CT molecular complexity index is 1240. The van der Waals surface area contributed by atoms with Crippen molar-refractivity contribution in [1.29, 1.82) is 0 Å². The van der Waals surface area contributed by atoms with Crippen LogP contribution in [0.1, 0.15) is 0 Å². The van der Waals surface area contributed by atoms with Crippen molar-refractivity contribution in [3.63, 3.8) is 0 Å². The second-order valence-corrected chi connectivity index (χ2v) is 6.73. The smallest absolute Gasteiger partial charge is 0.146 e. The molecule has 0 radical (unpaired) electrons. The summed E-state index contributed by atoms with van der Waals surface area (Å²) >= 11 is 12.7. The van der Waals surface area contributed by atoms with Gasteiger partial charge in [0.2, 0.25) is 0 Å². The quantitative estimate of drug-likeness (QED) is 0.455. The summed E-state index contributed by atoms with van der Waals surface area (Å²) in [5.41, 5.74) is 5.06. The zero-order valence-electron chi connectivity index (χ0n) is 13.3. The lowest BCUT2D eigenvalue weighted by atomic mass is 10.1. The molecule has 5 nitrogen and oxygen atoms in total. The molecule has 7 heteroatoms. The fraction of sp³-hybridized carbons (Fsp3) is 0. The molecule has 26 heavy (non-hydrogen) atoms. The molecular weight excluding hydrogens is 369 g/mol. The van der Waals surface area contributed by atoms with Crippen molar-refractivity contribution in [3.05, 3.63) is 71.4 Å². The lowest BCUT2D eigenvalue weighted by Crippen LogP contribution is -1.88. The highest BCUT2D eigenvalue weighted by Crippen LogP contribution is 2.35. The molecule has 0 amide bonds. The first-order valence-electron chi connectivity index (χ1n) is 7.92. The SMILES string of the molecule is Clc1cccc(Cl)c1-c1cn2ccc3ncc(-c4cn[nH]c4)cc3c2n1. The van der Waals surface area contributed by atoms with E-state index < -0.39 is 0 Å². The highest BCUT2D eigenvalue weighted by atomic mass is 35.5. The molecule has 0 aliphatic heterocycles. The first kappa shape index (κ1) is 15.4. The molecule has 0 saturated carbocycles. The number of nitrogens with one attached hydrogen (secondary N) is 1. The standard InChI is InChI=1S/C19H11Cl2N5/c20-14-2-1-3-15(21)18(14)17-10-26-5-4-16-13(19(26)25-17)6-11(7-22-16)12-8-23-24-9-12/h1-10H,(H,23,24). The van der Waals surface area contributed by atoms with Crippen LogP contribution < -0.4 is 0 Å². The number of rotatable bonds is 2. The molecule has 0 aliphatic carbocycles. The number of hydrogen-bond acceptors (Lipinski definition) is 3. The largest absolute Gasteiger partial charge is 0.306 e. The van der Waals surface area contributed by atoms with Gasteiger partial charge in [0, 0.05) is 46.9 Å². The average molecular weight is 380 g/mol. The normalized spacial score (nSPS) is 11.5. The molecule has 1 N–H and O–H groups in total. The number of halogens is 2. The maximum atomic E-state index is 6.35. The van der Waals surface area contributed by atoms with Crippen molar-refractivity contribution in [3.8, 4) is 22.4 Å². The Labute approximate surface area is 158 Å². The predicted molar refractivity (Wildman–Crippen MR) is 104 cm³/mol. The predicted octanol–water partition coefficient (Wildman–Crippen LogP) is 5.25. The van der Waals surface area contributed by atoms with Gasteiger partial charge in [0.1, 0.15) is 5.65 Å². The van der Waals surface area contributed by atoms with Crippen LogP contribution in [0.4, 0.5) is 0 Å². The molecule has 0 atom stereocenters. The summed E-state index contributed by atoms with van der Waals surface area (Å²) in [7, 11) is 0. The molecule has 0 fully saturated rings. The van der Waals surface area contributed by atoms with Gasteiger partial charge in [0.15, 0.2) is 0 Å². The topological polar surface area (TPSA) is 58.9 Å². The Kier molecular flexibility index (Phi) is 3.45. The van der Waals surface area contributed by atoms with Crippen LogP contribution in [0.25, 0.3) is 38.9 Å². The number of pyridine rings is 2. The number of benzene rings is 1. The summed E-state index contributed by atoms with van der Waals surface area (Å²) in [4.78, 5) is 9.34. The Hall–Kier alpha value is -2.89. The van der Waals surface area contributed by atoms with Crippen LogP contribution in [0, 0.1) is 0 Å². The van der Waals surface area contributed by atoms with Crippen LogP contribution in [-0.2, 0) is 0 Å². The van der Waals surface area contributed by atoms with Crippen LogP contribution in [-0.4, -0.2) is 24.6 Å². The molecule has 4 aromatic heterocycles. The molecule has 5 aromatic rings. The van der Waals surface area contributed by atoms with Gasteiger partial charge in [-0.15, -0.1) is 0 Å². The van der Waals surface area contributed by atoms with Gasteiger partial charge in [-0.1, -0.05) is 29.3 Å². The zero-order chi connectivity index (χ0) is 17.7. The minimum Gasteiger partial charge on any atom is -0.306 e. The van der Waals surface area contributed by atoms with E-state index in [1.165, 1.54) is 0 Å². The molecule has 0 bridgehead atoms.